The van der Waals surface area contributed by atoms with Crippen molar-refractivity contribution < 1.29 is 40.8 Å². The quantitative estimate of drug-likeness (QED) is 0.184. The average Bonchev–Trinajstić information content (AvgIpc) is 3.15. The van der Waals surface area contributed by atoms with Crippen molar-refractivity contribution in [3.05, 3.63) is 29.3 Å². The van der Waals surface area contributed by atoms with Gasteiger partial charge in [0, 0.05) is 23.0 Å². The highest BCUT2D eigenvalue weighted by Crippen LogP contribution is 2.62. The van der Waals surface area contributed by atoms with Crippen LogP contribution < -0.4 is 4.74 Å². The van der Waals surface area contributed by atoms with Gasteiger partial charge in [0.1, 0.15) is 5.75 Å². The molecule has 0 amide bonds. The van der Waals surface area contributed by atoms with Crippen LogP contribution in [-0.4, -0.2) is 50.6 Å². The number of halogens is 5. The van der Waals surface area contributed by atoms with Crippen LogP contribution in [0.4, 0.5) is 22.0 Å². The number of rotatable bonds is 11. The molecular formula is C27H35F5O4S2. The Morgan fingerprint density at radius 1 is 1.21 bits per heavy atom. The average molecular weight is 583 g/mol. The maximum Gasteiger partial charge on any atom is 0.453 e. The zero-order valence-corrected chi connectivity index (χ0v) is 23.0. The fraction of sp³-hybridized carbons (Fsp3) is 0.741. The molecule has 0 aliphatic heterocycles. The Morgan fingerprint density at radius 3 is 2.68 bits per heavy atom. The number of carbonyl (C=O) groups excluding carboxylic acids is 1. The van der Waals surface area contributed by atoms with E-state index in [1.807, 2.05) is 12.1 Å². The fourth-order valence-corrected chi connectivity index (χ4v) is 9.81. The highest BCUT2D eigenvalue weighted by molar-refractivity contribution is 8.10. The molecule has 7 atom stereocenters. The number of benzene rings is 1. The summed E-state index contributed by atoms with van der Waals surface area (Å²) in [5, 5.41) is 11.0. The molecule has 214 valence electrons. The van der Waals surface area contributed by atoms with E-state index in [4.69, 9.17) is 4.74 Å². The normalized spacial score (nSPS) is 31.7. The summed E-state index contributed by atoms with van der Waals surface area (Å²) in [7, 11) is -1.47. The molecule has 4 rings (SSSR count). The van der Waals surface area contributed by atoms with Crippen molar-refractivity contribution in [1.29, 1.82) is 0 Å². The first-order chi connectivity index (χ1) is 17.9. The van der Waals surface area contributed by atoms with E-state index in [0.29, 0.717) is 41.6 Å². The lowest BCUT2D eigenvalue weighted by atomic mass is 9.52. The molecule has 2 saturated carbocycles. The van der Waals surface area contributed by atoms with Gasteiger partial charge >= 0.3 is 12.1 Å². The Hall–Kier alpha value is -1.20. The molecule has 1 N–H and O–H groups in total. The fourth-order valence-electron chi connectivity index (χ4n) is 7.19. The lowest BCUT2D eigenvalue weighted by Gasteiger charge is -2.53. The van der Waals surface area contributed by atoms with Gasteiger partial charge in [0.25, 0.3) is 6.47 Å². The summed E-state index contributed by atoms with van der Waals surface area (Å²) in [6, 6.07) is 5.83. The van der Waals surface area contributed by atoms with E-state index in [0.717, 1.165) is 44.1 Å². The molecule has 1 aromatic carbocycles. The first kappa shape index (κ1) is 29.8. The number of fused-ring (bicyclic) bond motifs is 5. The summed E-state index contributed by atoms with van der Waals surface area (Å²) in [5.41, 5.74) is 2.35. The molecule has 7 unspecified atom stereocenters. The molecule has 0 spiro atoms. The number of carbonyl (C=O) groups is 1. The highest BCUT2D eigenvalue weighted by Gasteiger charge is 2.57. The first-order valence-electron chi connectivity index (χ1n) is 13.2. The standard InChI is InChI=1S/C27H35F5O4S2/c1-25-10-7-21-20-4-3-19(36-15-33)14-18(20)13-17(24(21)22(25)5-6-23(25)34)8-11-37-16-38(35)12-2-9-26(28,29)27(30,31)32/h3-4,14-15,17,21-24,34H,2,5-13,16H2,1H3. The van der Waals surface area contributed by atoms with Crippen LogP contribution in [0.5, 0.6) is 5.75 Å². The highest BCUT2D eigenvalue weighted by atomic mass is 32.2. The van der Waals surface area contributed by atoms with Crippen molar-refractivity contribution in [2.45, 2.75) is 82.4 Å². The molecule has 3 aliphatic rings. The van der Waals surface area contributed by atoms with Gasteiger partial charge in [0.05, 0.1) is 11.2 Å². The van der Waals surface area contributed by atoms with Crippen molar-refractivity contribution in [2.24, 2.45) is 23.2 Å². The van der Waals surface area contributed by atoms with Crippen molar-refractivity contribution in [1.82, 2.24) is 0 Å². The van der Waals surface area contributed by atoms with Gasteiger partial charge in [-0.05, 0) is 103 Å². The predicted molar refractivity (Wildman–Crippen MR) is 138 cm³/mol. The van der Waals surface area contributed by atoms with E-state index < -0.39 is 35.7 Å². The van der Waals surface area contributed by atoms with Crippen LogP contribution in [0.25, 0.3) is 0 Å². The smallest absolute Gasteiger partial charge is 0.429 e. The molecule has 1 aromatic rings. The summed E-state index contributed by atoms with van der Waals surface area (Å²) < 4.78 is 80.4. The van der Waals surface area contributed by atoms with Gasteiger partial charge < -0.3 is 9.84 Å². The van der Waals surface area contributed by atoms with Crippen LogP contribution in [0.2, 0.25) is 0 Å². The minimum absolute atomic E-state index is 0.107. The number of alkyl halides is 5. The van der Waals surface area contributed by atoms with Crippen LogP contribution >= 0.6 is 11.8 Å². The number of ether oxygens (including phenoxy) is 1. The number of hydrogen-bond acceptors (Lipinski definition) is 5. The molecule has 0 aromatic heterocycles. The van der Waals surface area contributed by atoms with Gasteiger partial charge in [-0.1, -0.05) is 13.0 Å². The second-order valence-electron chi connectivity index (χ2n) is 11.2. The van der Waals surface area contributed by atoms with Crippen LogP contribution in [0.1, 0.15) is 68.9 Å². The largest absolute Gasteiger partial charge is 0.453 e. The first-order valence-corrected chi connectivity index (χ1v) is 15.8. The van der Waals surface area contributed by atoms with E-state index in [2.05, 4.69) is 13.0 Å². The lowest BCUT2D eigenvalue weighted by Crippen LogP contribution is -2.47. The molecule has 0 radical (unpaired) electrons. The third-order valence-corrected chi connectivity index (χ3v) is 12.1. The van der Waals surface area contributed by atoms with Crippen LogP contribution in [-0.2, 0) is 22.0 Å². The second kappa shape index (κ2) is 11.7. The molecular weight excluding hydrogens is 547 g/mol. The topological polar surface area (TPSA) is 63.6 Å². The van der Waals surface area contributed by atoms with E-state index in [1.54, 1.807) is 0 Å². The zero-order chi connectivity index (χ0) is 27.7. The van der Waals surface area contributed by atoms with E-state index in [1.165, 1.54) is 17.3 Å². The monoisotopic (exact) mass is 582 g/mol. The maximum absolute atomic E-state index is 13.1. The summed E-state index contributed by atoms with van der Waals surface area (Å²) in [5.74, 6) is -2.26. The lowest BCUT2D eigenvalue weighted by molar-refractivity contribution is -0.284. The molecule has 11 heteroatoms. The summed E-state index contributed by atoms with van der Waals surface area (Å²) in [6.45, 7) is 2.62. The van der Waals surface area contributed by atoms with E-state index in [-0.39, 0.29) is 22.4 Å². The third-order valence-electron chi connectivity index (χ3n) is 9.13. The summed E-state index contributed by atoms with van der Waals surface area (Å²) in [6.07, 6.45) is -2.30. The Morgan fingerprint density at radius 2 is 1.97 bits per heavy atom. The summed E-state index contributed by atoms with van der Waals surface area (Å²) in [4.78, 5) is 10.9. The molecule has 0 saturated heterocycles. The van der Waals surface area contributed by atoms with E-state index >= 15 is 0 Å². The molecule has 4 nitrogen and oxygen atoms in total. The van der Waals surface area contributed by atoms with Crippen LogP contribution in [0, 0.1) is 23.2 Å². The molecule has 2 fully saturated rings. The van der Waals surface area contributed by atoms with Crippen LogP contribution in [0.15, 0.2) is 18.2 Å². The second-order valence-corrected chi connectivity index (χ2v) is 14.3. The zero-order valence-electron chi connectivity index (χ0n) is 21.4. The van der Waals surface area contributed by atoms with Crippen LogP contribution in [0.3, 0.4) is 0 Å². The molecule has 38 heavy (non-hydrogen) atoms. The number of hydrogen-bond donors (Lipinski definition) is 1. The Labute approximate surface area is 226 Å². The molecule has 0 bridgehead atoms. The number of aliphatic hydroxyl groups excluding tert-OH is 1. The Bertz CT molecular complexity index is 1020. The Balaban J connectivity index is 1.37. The predicted octanol–water partition coefficient (Wildman–Crippen LogP) is 6.47. The number of thioether (sulfide) groups is 1. The summed E-state index contributed by atoms with van der Waals surface area (Å²) >= 11 is 1.45. The maximum atomic E-state index is 13.1. The van der Waals surface area contributed by atoms with Crippen molar-refractivity contribution in [3.63, 3.8) is 0 Å². The van der Waals surface area contributed by atoms with Gasteiger partial charge in [-0.25, -0.2) is 0 Å². The minimum atomic E-state index is -5.58. The van der Waals surface area contributed by atoms with Crippen molar-refractivity contribution in [2.75, 3.05) is 16.6 Å². The van der Waals surface area contributed by atoms with Crippen molar-refractivity contribution in [3.8, 4) is 5.75 Å². The number of aliphatic hydroxyl groups is 1. The minimum Gasteiger partial charge on any atom is -0.429 e. The molecule has 3 aliphatic carbocycles. The Kier molecular flexibility index (Phi) is 9.19. The molecule has 0 heterocycles. The van der Waals surface area contributed by atoms with E-state index in [9.17, 15) is 36.1 Å². The van der Waals surface area contributed by atoms with Gasteiger partial charge in [0.2, 0.25) is 0 Å². The van der Waals surface area contributed by atoms with Gasteiger partial charge in [-0.3, -0.25) is 9.00 Å². The SMILES string of the molecule is CC12CCC3c4ccc(OC=O)cc4CC(CCSCS(=O)CCCC(F)(F)C(F)(F)F)C3C1CCC2O. The third kappa shape index (κ3) is 6.09. The van der Waals surface area contributed by atoms with Gasteiger partial charge in [0.15, 0.2) is 0 Å². The van der Waals surface area contributed by atoms with Gasteiger partial charge in [-0.2, -0.15) is 22.0 Å². The van der Waals surface area contributed by atoms with Crippen molar-refractivity contribution >= 4 is 29.0 Å². The van der Waals surface area contributed by atoms with Gasteiger partial charge in [-0.15, -0.1) is 11.8 Å².